The SMILES string of the molecule is CC(C)(C)N1CCN(CC2(C(=O)O)CCCCCC2)CC1. The Kier molecular flexibility index (Phi) is 5.31. The zero-order chi connectivity index (χ0) is 15.5. The second-order valence-corrected chi connectivity index (χ2v) is 7.93. The minimum absolute atomic E-state index is 0.221. The summed E-state index contributed by atoms with van der Waals surface area (Å²) in [5.41, 5.74) is -0.265. The molecule has 1 saturated carbocycles. The van der Waals surface area contributed by atoms with E-state index in [9.17, 15) is 9.90 Å². The molecule has 122 valence electrons. The van der Waals surface area contributed by atoms with Gasteiger partial charge in [0.25, 0.3) is 0 Å². The molecule has 0 unspecified atom stereocenters. The molecule has 4 nitrogen and oxygen atoms in total. The average Bonchev–Trinajstić information content (AvgIpc) is 2.65. The Morgan fingerprint density at radius 3 is 1.95 bits per heavy atom. The lowest BCUT2D eigenvalue weighted by Crippen LogP contribution is -2.55. The first kappa shape index (κ1) is 16.8. The molecule has 0 aromatic heterocycles. The highest BCUT2D eigenvalue weighted by molar-refractivity contribution is 5.75. The van der Waals surface area contributed by atoms with Crippen molar-refractivity contribution in [3.63, 3.8) is 0 Å². The van der Waals surface area contributed by atoms with E-state index in [2.05, 4.69) is 30.6 Å². The number of aliphatic carboxylic acids is 1. The number of carboxylic acids is 1. The van der Waals surface area contributed by atoms with E-state index in [0.717, 1.165) is 58.4 Å². The summed E-state index contributed by atoms with van der Waals surface area (Å²) in [6, 6.07) is 0. The van der Waals surface area contributed by atoms with Crippen LogP contribution in [0.15, 0.2) is 0 Å². The molecule has 0 radical (unpaired) electrons. The van der Waals surface area contributed by atoms with E-state index in [4.69, 9.17) is 0 Å². The van der Waals surface area contributed by atoms with Gasteiger partial charge in [-0.1, -0.05) is 25.7 Å². The van der Waals surface area contributed by atoms with Crippen LogP contribution in [0.1, 0.15) is 59.3 Å². The summed E-state index contributed by atoms with van der Waals surface area (Å²) in [4.78, 5) is 16.8. The van der Waals surface area contributed by atoms with Gasteiger partial charge in [0.05, 0.1) is 5.41 Å². The van der Waals surface area contributed by atoms with Crippen LogP contribution in [0.2, 0.25) is 0 Å². The van der Waals surface area contributed by atoms with Crippen LogP contribution in [0.4, 0.5) is 0 Å². The molecule has 2 rings (SSSR count). The molecule has 0 aromatic carbocycles. The molecule has 2 aliphatic rings. The largest absolute Gasteiger partial charge is 0.481 e. The Labute approximate surface area is 129 Å². The highest BCUT2D eigenvalue weighted by Gasteiger charge is 2.41. The van der Waals surface area contributed by atoms with Crippen molar-refractivity contribution in [3.05, 3.63) is 0 Å². The van der Waals surface area contributed by atoms with Crippen molar-refractivity contribution >= 4 is 5.97 Å². The van der Waals surface area contributed by atoms with Crippen molar-refractivity contribution in [2.24, 2.45) is 5.41 Å². The number of rotatable bonds is 3. The van der Waals surface area contributed by atoms with E-state index in [1.54, 1.807) is 0 Å². The smallest absolute Gasteiger partial charge is 0.310 e. The maximum absolute atomic E-state index is 11.9. The van der Waals surface area contributed by atoms with Crippen LogP contribution in [0, 0.1) is 5.41 Å². The third kappa shape index (κ3) is 4.19. The fourth-order valence-corrected chi connectivity index (χ4v) is 3.85. The van der Waals surface area contributed by atoms with Crippen molar-refractivity contribution in [1.82, 2.24) is 9.80 Å². The van der Waals surface area contributed by atoms with Gasteiger partial charge in [-0.2, -0.15) is 0 Å². The third-order valence-corrected chi connectivity index (χ3v) is 5.36. The molecule has 1 N–H and O–H groups in total. The number of hydrogen-bond acceptors (Lipinski definition) is 3. The van der Waals surface area contributed by atoms with Gasteiger partial charge < -0.3 is 5.11 Å². The Morgan fingerprint density at radius 2 is 1.52 bits per heavy atom. The summed E-state index contributed by atoms with van der Waals surface area (Å²) >= 11 is 0. The Hall–Kier alpha value is -0.610. The molecule has 0 bridgehead atoms. The minimum Gasteiger partial charge on any atom is -0.481 e. The van der Waals surface area contributed by atoms with Gasteiger partial charge in [0, 0.05) is 38.3 Å². The van der Waals surface area contributed by atoms with Gasteiger partial charge in [-0.3, -0.25) is 14.6 Å². The highest BCUT2D eigenvalue weighted by atomic mass is 16.4. The van der Waals surface area contributed by atoms with Crippen LogP contribution in [-0.2, 0) is 4.79 Å². The lowest BCUT2D eigenvalue weighted by atomic mass is 9.79. The Morgan fingerprint density at radius 1 is 1.00 bits per heavy atom. The van der Waals surface area contributed by atoms with Crippen LogP contribution in [0.25, 0.3) is 0 Å². The van der Waals surface area contributed by atoms with E-state index < -0.39 is 11.4 Å². The van der Waals surface area contributed by atoms with E-state index in [-0.39, 0.29) is 5.54 Å². The van der Waals surface area contributed by atoms with Crippen molar-refractivity contribution in [2.45, 2.75) is 64.8 Å². The zero-order valence-electron chi connectivity index (χ0n) is 14.0. The summed E-state index contributed by atoms with van der Waals surface area (Å²) < 4.78 is 0. The molecule has 0 amide bonds. The third-order valence-electron chi connectivity index (χ3n) is 5.36. The zero-order valence-corrected chi connectivity index (χ0v) is 14.0. The molecule has 1 saturated heterocycles. The van der Waals surface area contributed by atoms with Gasteiger partial charge in [-0.15, -0.1) is 0 Å². The maximum atomic E-state index is 11.9. The van der Waals surface area contributed by atoms with Crippen LogP contribution in [0.3, 0.4) is 0 Å². The van der Waals surface area contributed by atoms with Gasteiger partial charge >= 0.3 is 5.97 Å². The first-order valence-electron chi connectivity index (χ1n) is 8.54. The molecule has 0 atom stereocenters. The van der Waals surface area contributed by atoms with E-state index >= 15 is 0 Å². The van der Waals surface area contributed by atoms with Crippen LogP contribution >= 0.6 is 0 Å². The molecule has 0 spiro atoms. The summed E-state index contributed by atoms with van der Waals surface area (Å²) in [6.45, 7) is 11.6. The summed E-state index contributed by atoms with van der Waals surface area (Å²) in [5, 5.41) is 9.79. The van der Waals surface area contributed by atoms with Gasteiger partial charge in [0.15, 0.2) is 0 Å². The fraction of sp³-hybridized carbons (Fsp3) is 0.941. The first-order valence-corrected chi connectivity index (χ1v) is 8.54. The quantitative estimate of drug-likeness (QED) is 0.813. The standard InChI is InChI=1S/C17H32N2O2/c1-16(2,3)19-12-10-18(11-13-19)14-17(15(20)21)8-6-4-5-7-9-17/h4-14H2,1-3H3,(H,20,21). The molecule has 1 aliphatic carbocycles. The second kappa shape index (κ2) is 6.66. The van der Waals surface area contributed by atoms with Crippen molar-refractivity contribution < 1.29 is 9.90 Å². The first-order chi connectivity index (χ1) is 9.83. The van der Waals surface area contributed by atoms with Gasteiger partial charge in [0.2, 0.25) is 0 Å². The van der Waals surface area contributed by atoms with Gasteiger partial charge in [-0.25, -0.2) is 0 Å². The molecular formula is C17H32N2O2. The fourth-order valence-electron chi connectivity index (χ4n) is 3.85. The topological polar surface area (TPSA) is 43.8 Å². The van der Waals surface area contributed by atoms with Gasteiger partial charge in [-0.05, 0) is 33.6 Å². The number of carbonyl (C=O) groups is 1. The Balaban J connectivity index is 1.95. The van der Waals surface area contributed by atoms with Crippen LogP contribution < -0.4 is 0 Å². The summed E-state index contributed by atoms with van der Waals surface area (Å²) in [5.74, 6) is -0.567. The number of hydrogen-bond donors (Lipinski definition) is 1. The normalized spacial score (nSPS) is 25.5. The number of nitrogens with zero attached hydrogens (tertiary/aromatic N) is 2. The molecule has 1 heterocycles. The van der Waals surface area contributed by atoms with Gasteiger partial charge in [0.1, 0.15) is 0 Å². The van der Waals surface area contributed by atoms with E-state index in [1.165, 1.54) is 12.8 Å². The lowest BCUT2D eigenvalue weighted by molar-refractivity contribution is -0.151. The lowest BCUT2D eigenvalue weighted by Gasteiger charge is -2.44. The molecule has 0 aromatic rings. The van der Waals surface area contributed by atoms with Crippen molar-refractivity contribution in [3.8, 4) is 0 Å². The molecule has 2 fully saturated rings. The average molecular weight is 296 g/mol. The van der Waals surface area contributed by atoms with Crippen LogP contribution in [0.5, 0.6) is 0 Å². The molecular weight excluding hydrogens is 264 g/mol. The summed E-state index contributed by atoms with van der Waals surface area (Å²) in [7, 11) is 0. The highest BCUT2D eigenvalue weighted by Crippen LogP contribution is 2.36. The predicted molar refractivity (Wildman–Crippen MR) is 85.5 cm³/mol. The summed E-state index contributed by atoms with van der Waals surface area (Å²) in [6.07, 6.45) is 6.28. The second-order valence-electron chi connectivity index (χ2n) is 7.93. The Bertz CT molecular complexity index is 346. The monoisotopic (exact) mass is 296 g/mol. The van der Waals surface area contributed by atoms with Crippen molar-refractivity contribution in [2.75, 3.05) is 32.7 Å². The van der Waals surface area contributed by atoms with E-state index in [0.29, 0.717) is 0 Å². The van der Waals surface area contributed by atoms with E-state index in [1.807, 2.05) is 0 Å². The molecule has 21 heavy (non-hydrogen) atoms. The van der Waals surface area contributed by atoms with Crippen molar-refractivity contribution in [1.29, 1.82) is 0 Å². The van der Waals surface area contributed by atoms with Crippen LogP contribution in [-0.4, -0.2) is 59.1 Å². The molecule has 1 aliphatic heterocycles. The number of piperazine rings is 1. The maximum Gasteiger partial charge on any atom is 0.310 e. The number of carboxylic acid groups (broad SMARTS) is 1. The predicted octanol–water partition coefficient (Wildman–Crippen LogP) is 2.83. The molecule has 4 heteroatoms. The minimum atomic E-state index is -0.567.